The third-order valence-corrected chi connectivity index (χ3v) is 5.63. The van der Waals surface area contributed by atoms with Gasteiger partial charge in [-0.3, -0.25) is 4.90 Å². The summed E-state index contributed by atoms with van der Waals surface area (Å²) >= 11 is 0. The lowest BCUT2D eigenvalue weighted by atomic mass is 10.0. The fourth-order valence-corrected chi connectivity index (χ4v) is 4.35. The van der Waals surface area contributed by atoms with Gasteiger partial charge in [0.1, 0.15) is 5.82 Å². The Kier molecular flexibility index (Phi) is 4.34. The second-order valence-electron chi connectivity index (χ2n) is 7.26. The SMILES string of the molecule is Cn1c(C2CCCN2Cc2cccc(C(=O)O)c2)nc2c1CCCC2. The number of carbonyl (C=O) groups is 1. The van der Waals surface area contributed by atoms with Crippen molar-refractivity contribution < 1.29 is 9.90 Å². The van der Waals surface area contributed by atoms with Gasteiger partial charge in [-0.05, 0) is 62.8 Å². The average molecular weight is 339 g/mol. The summed E-state index contributed by atoms with van der Waals surface area (Å²) in [4.78, 5) is 18.7. The van der Waals surface area contributed by atoms with Gasteiger partial charge in [0.2, 0.25) is 0 Å². The van der Waals surface area contributed by atoms with Gasteiger partial charge in [-0.15, -0.1) is 0 Å². The summed E-state index contributed by atoms with van der Waals surface area (Å²) in [5, 5.41) is 9.20. The van der Waals surface area contributed by atoms with Gasteiger partial charge < -0.3 is 9.67 Å². The fourth-order valence-electron chi connectivity index (χ4n) is 4.35. The Morgan fingerprint density at radius 1 is 1.28 bits per heavy atom. The number of rotatable bonds is 4. The van der Waals surface area contributed by atoms with E-state index in [9.17, 15) is 9.90 Å². The fraction of sp³-hybridized carbons (Fsp3) is 0.500. The van der Waals surface area contributed by atoms with Gasteiger partial charge >= 0.3 is 5.97 Å². The summed E-state index contributed by atoms with van der Waals surface area (Å²) in [7, 11) is 2.16. The molecule has 0 bridgehead atoms. The van der Waals surface area contributed by atoms with Crippen molar-refractivity contribution in [1.29, 1.82) is 0 Å². The Hall–Kier alpha value is -2.14. The lowest BCUT2D eigenvalue weighted by Gasteiger charge is -2.24. The molecule has 132 valence electrons. The summed E-state index contributed by atoms with van der Waals surface area (Å²) in [6.45, 7) is 1.82. The molecule has 4 rings (SSSR count). The number of hydrogen-bond donors (Lipinski definition) is 1. The number of aryl methyl sites for hydroxylation is 1. The average Bonchev–Trinajstić information content (AvgIpc) is 3.20. The topological polar surface area (TPSA) is 58.4 Å². The number of aromatic nitrogens is 2. The van der Waals surface area contributed by atoms with Crippen molar-refractivity contribution in [2.75, 3.05) is 6.54 Å². The Bertz CT molecular complexity index is 796. The van der Waals surface area contributed by atoms with Crippen LogP contribution < -0.4 is 0 Å². The van der Waals surface area contributed by atoms with Crippen LogP contribution in [0.1, 0.15) is 64.9 Å². The van der Waals surface area contributed by atoms with E-state index in [-0.39, 0.29) is 0 Å². The van der Waals surface area contributed by atoms with Gasteiger partial charge in [0.15, 0.2) is 0 Å². The molecule has 1 aromatic carbocycles. The molecule has 1 aliphatic heterocycles. The monoisotopic (exact) mass is 339 g/mol. The lowest BCUT2D eigenvalue weighted by Crippen LogP contribution is -2.25. The molecular formula is C20H25N3O2. The molecule has 1 aromatic heterocycles. The van der Waals surface area contributed by atoms with E-state index in [0.717, 1.165) is 37.9 Å². The standard InChI is InChI=1S/C20H25N3O2/c1-22-17-9-3-2-8-16(17)21-19(22)18-10-5-11-23(18)13-14-6-4-7-15(12-14)20(24)25/h4,6-7,12,18H,2-3,5,8-11,13H2,1H3,(H,24,25). The maximum absolute atomic E-state index is 11.2. The molecule has 0 amide bonds. The molecule has 2 aromatic rings. The van der Waals surface area contributed by atoms with Crippen LogP contribution in [-0.2, 0) is 26.4 Å². The minimum atomic E-state index is -0.864. The van der Waals surface area contributed by atoms with Crippen LogP contribution in [0.3, 0.4) is 0 Å². The van der Waals surface area contributed by atoms with Crippen molar-refractivity contribution in [3.05, 3.63) is 52.6 Å². The Morgan fingerprint density at radius 3 is 2.92 bits per heavy atom. The highest BCUT2D eigenvalue weighted by Gasteiger charge is 2.31. The maximum Gasteiger partial charge on any atom is 0.335 e. The number of nitrogens with zero attached hydrogens (tertiary/aromatic N) is 3. The molecule has 1 aliphatic carbocycles. The number of aromatic carboxylic acids is 1. The molecule has 2 aliphatic rings. The van der Waals surface area contributed by atoms with E-state index in [1.807, 2.05) is 12.1 Å². The third kappa shape index (κ3) is 3.09. The molecule has 1 fully saturated rings. The van der Waals surface area contributed by atoms with E-state index in [2.05, 4.69) is 16.5 Å². The Balaban J connectivity index is 1.58. The highest BCUT2D eigenvalue weighted by atomic mass is 16.4. The summed E-state index contributed by atoms with van der Waals surface area (Å²) in [5.41, 5.74) is 4.14. The summed E-state index contributed by atoms with van der Waals surface area (Å²) in [6.07, 6.45) is 7.06. The highest BCUT2D eigenvalue weighted by molar-refractivity contribution is 5.87. The predicted molar refractivity (Wildman–Crippen MR) is 95.6 cm³/mol. The Labute approximate surface area is 148 Å². The summed E-state index contributed by atoms with van der Waals surface area (Å²) in [5.74, 6) is 0.329. The van der Waals surface area contributed by atoms with E-state index in [4.69, 9.17) is 4.98 Å². The van der Waals surface area contributed by atoms with Crippen molar-refractivity contribution in [3.8, 4) is 0 Å². The van der Waals surface area contributed by atoms with Crippen LogP contribution in [-0.4, -0.2) is 32.1 Å². The van der Waals surface area contributed by atoms with Crippen LogP contribution in [0.4, 0.5) is 0 Å². The molecule has 0 spiro atoms. The number of likely N-dealkylation sites (tertiary alicyclic amines) is 1. The normalized spacial score (nSPS) is 20.6. The molecule has 5 nitrogen and oxygen atoms in total. The van der Waals surface area contributed by atoms with Crippen molar-refractivity contribution in [3.63, 3.8) is 0 Å². The van der Waals surface area contributed by atoms with Crippen LogP contribution >= 0.6 is 0 Å². The van der Waals surface area contributed by atoms with Crippen LogP contribution in [0.5, 0.6) is 0 Å². The predicted octanol–water partition coefficient (Wildman–Crippen LogP) is 3.33. The summed E-state index contributed by atoms with van der Waals surface area (Å²) in [6, 6.07) is 7.64. The minimum absolute atomic E-state index is 0.337. The number of fused-ring (bicyclic) bond motifs is 1. The quantitative estimate of drug-likeness (QED) is 0.928. The van der Waals surface area contributed by atoms with Gasteiger partial charge in [-0.2, -0.15) is 0 Å². The molecule has 1 N–H and O–H groups in total. The van der Waals surface area contributed by atoms with Crippen molar-refractivity contribution >= 4 is 5.97 Å². The van der Waals surface area contributed by atoms with E-state index < -0.39 is 5.97 Å². The van der Waals surface area contributed by atoms with E-state index >= 15 is 0 Å². The van der Waals surface area contributed by atoms with Gasteiger partial charge in [-0.1, -0.05) is 12.1 Å². The first-order chi connectivity index (χ1) is 12.1. The molecule has 0 saturated carbocycles. The van der Waals surface area contributed by atoms with Gasteiger partial charge in [0.05, 0.1) is 17.3 Å². The third-order valence-electron chi connectivity index (χ3n) is 5.63. The summed E-state index contributed by atoms with van der Waals surface area (Å²) < 4.78 is 2.32. The van der Waals surface area contributed by atoms with Crippen molar-refractivity contribution in [1.82, 2.24) is 14.5 Å². The molecule has 5 heteroatoms. The van der Waals surface area contributed by atoms with Crippen molar-refractivity contribution in [2.45, 2.75) is 51.1 Å². The van der Waals surface area contributed by atoms with Gasteiger partial charge in [-0.25, -0.2) is 9.78 Å². The number of imidazole rings is 1. The number of hydrogen-bond acceptors (Lipinski definition) is 3. The van der Waals surface area contributed by atoms with Crippen LogP contribution in [0, 0.1) is 0 Å². The molecule has 1 unspecified atom stereocenters. The minimum Gasteiger partial charge on any atom is -0.478 e. The molecule has 0 radical (unpaired) electrons. The van der Waals surface area contributed by atoms with E-state index in [0.29, 0.717) is 11.6 Å². The molecule has 2 heterocycles. The highest BCUT2D eigenvalue weighted by Crippen LogP contribution is 2.34. The second kappa shape index (κ2) is 6.64. The van der Waals surface area contributed by atoms with E-state index in [1.54, 1.807) is 12.1 Å². The molecule has 1 saturated heterocycles. The lowest BCUT2D eigenvalue weighted by molar-refractivity contribution is 0.0696. The van der Waals surface area contributed by atoms with Crippen LogP contribution in [0.25, 0.3) is 0 Å². The van der Waals surface area contributed by atoms with Crippen LogP contribution in [0.15, 0.2) is 24.3 Å². The van der Waals surface area contributed by atoms with Crippen molar-refractivity contribution in [2.24, 2.45) is 7.05 Å². The first-order valence-electron chi connectivity index (χ1n) is 9.24. The molecule has 25 heavy (non-hydrogen) atoms. The zero-order valence-electron chi connectivity index (χ0n) is 14.7. The number of benzene rings is 1. The maximum atomic E-state index is 11.2. The number of carboxylic acids is 1. The van der Waals surface area contributed by atoms with Gasteiger partial charge in [0.25, 0.3) is 0 Å². The van der Waals surface area contributed by atoms with Gasteiger partial charge in [0, 0.05) is 19.3 Å². The van der Waals surface area contributed by atoms with E-state index in [1.165, 1.54) is 36.5 Å². The number of carboxylic acid groups (broad SMARTS) is 1. The second-order valence-corrected chi connectivity index (χ2v) is 7.26. The van der Waals surface area contributed by atoms with Crippen LogP contribution in [0.2, 0.25) is 0 Å². The largest absolute Gasteiger partial charge is 0.478 e. The zero-order valence-corrected chi connectivity index (χ0v) is 14.7. The smallest absolute Gasteiger partial charge is 0.335 e. The molecular weight excluding hydrogens is 314 g/mol. The Morgan fingerprint density at radius 2 is 2.12 bits per heavy atom. The first-order valence-corrected chi connectivity index (χ1v) is 9.24. The zero-order chi connectivity index (χ0) is 17.4. The molecule has 1 atom stereocenters. The first kappa shape index (κ1) is 16.3.